The van der Waals surface area contributed by atoms with Crippen LogP contribution in [0.5, 0.6) is 0 Å². The van der Waals surface area contributed by atoms with Gasteiger partial charge in [-0.05, 0) is 23.8 Å². The number of carbonyl (C=O) groups excluding carboxylic acids is 2. The molecule has 0 radical (unpaired) electrons. The molecule has 0 spiro atoms. The standard InChI is InChI=1S/C15H20O6.C9H8O3/c16-9-11-12(17)13(18)14(19)15(21-11)20-8-4-7-10-5-2-1-3-6-10;10-8-6-4-1-2-5(3-4)7(6)9(11)12-8/h1-7,11-19H,8-9H2;1-2,4-7H,3H2/b7-4+;/t11-,12-,13+,14-,15-;/m1./s1. The van der Waals surface area contributed by atoms with E-state index < -0.39 is 37.3 Å². The van der Waals surface area contributed by atoms with Gasteiger partial charge in [0.1, 0.15) is 24.4 Å². The number of aliphatic hydroxyl groups is 4. The minimum absolute atomic E-state index is 0.146. The summed E-state index contributed by atoms with van der Waals surface area (Å²) in [5.74, 6) is -0.346. The summed E-state index contributed by atoms with van der Waals surface area (Å²) < 4.78 is 15.1. The van der Waals surface area contributed by atoms with Gasteiger partial charge in [-0.3, -0.25) is 9.59 Å². The van der Waals surface area contributed by atoms with E-state index in [9.17, 15) is 24.9 Å². The first-order valence-corrected chi connectivity index (χ1v) is 11.0. The first kappa shape index (κ1) is 23.7. The van der Waals surface area contributed by atoms with Gasteiger partial charge in [0, 0.05) is 0 Å². The molecule has 0 amide bonds. The van der Waals surface area contributed by atoms with E-state index in [1.165, 1.54) is 0 Å². The fourth-order valence-corrected chi connectivity index (χ4v) is 4.80. The predicted octanol–water partition coefficient (Wildman–Crippen LogP) is 0.0244. The van der Waals surface area contributed by atoms with Crippen molar-refractivity contribution in [2.75, 3.05) is 13.2 Å². The predicted molar refractivity (Wildman–Crippen MR) is 114 cm³/mol. The number of benzene rings is 1. The molecule has 1 aromatic carbocycles. The lowest BCUT2D eigenvalue weighted by Crippen LogP contribution is -2.59. The van der Waals surface area contributed by atoms with Crippen molar-refractivity contribution in [3.63, 3.8) is 0 Å². The van der Waals surface area contributed by atoms with Crippen molar-refractivity contribution in [2.24, 2.45) is 23.7 Å². The minimum Gasteiger partial charge on any atom is -0.394 e. The van der Waals surface area contributed by atoms with Crippen molar-refractivity contribution in [3.05, 3.63) is 54.1 Å². The Balaban J connectivity index is 0.000000180. The van der Waals surface area contributed by atoms with Gasteiger partial charge in [-0.1, -0.05) is 54.6 Å². The number of cyclic esters (lactones) is 2. The number of esters is 2. The molecule has 4 unspecified atom stereocenters. The molecule has 2 bridgehead atoms. The van der Waals surface area contributed by atoms with Gasteiger partial charge in [-0.2, -0.15) is 0 Å². The lowest BCUT2D eigenvalue weighted by Gasteiger charge is -2.39. The normalized spacial score (nSPS) is 38.8. The molecule has 9 atom stereocenters. The van der Waals surface area contributed by atoms with Crippen molar-refractivity contribution in [1.82, 2.24) is 0 Å². The Hall–Kier alpha value is -2.40. The molecule has 33 heavy (non-hydrogen) atoms. The van der Waals surface area contributed by atoms with Crippen LogP contribution < -0.4 is 0 Å². The molecule has 2 heterocycles. The molecular formula is C24H28O9. The van der Waals surface area contributed by atoms with Crippen LogP contribution in [0.15, 0.2) is 48.6 Å². The van der Waals surface area contributed by atoms with E-state index >= 15 is 0 Å². The van der Waals surface area contributed by atoms with E-state index in [1.54, 1.807) is 6.08 Å². The smallest absolute Gasteiger partial charge is 0.318 e. The summed E-state index contributed by atoms with van der Waals surface area (Å²) in [4.78, 5) is 22.4. The molecule has 178 valence electrons. The first-order valence-electron chi connectivity index (χ1n) is 11.0. The van der Waals surface area contributed by atoms with Crippen LogP contribution >= 0.6 is 0 Å². The molecule has 4 N–H and O–H groups in total. The fourth-order valence-electron chi connectivity index (χ4n) is 4.80. The van der Waals surface area contributed by atoms with Gasteiger partial charge in [-0.15, -0.1) is 0 Å². The number of hydrogen-bond donors (Lipinski definition) is 4. The zero-order chi connectivity index (χ0) is 23.5. The second-order valence-corrected chi connectivity index (χ2v) is 8.58. The van der Waals surface area contributed by atoms with E-state index in [0.29, 0.717) is 0 Å². The molecule has 0 aromatic heterocycles. The van der Waals surface area contributed by atoms with Crippen LogP contribution in [0.1, 0.15) is 12.0 Å². The van der Waals surface area contributed by atoms with Crippen LogP contribution in [0.4, 0.5) is 0 Å². The molecule has 1 saturated carbocycles. The van der Waals surface area contributed by atoms with Crippen molar-refractivity contribution < 1.29 is 44.2 Å². The molecule has 9 nitrogen and oxygen atoms in total. The van der Waals surface area contributed by atoms with Gasteiger partial charge in [0.2, 0.25) is 0 Å². The zero-order valence-corrected chi connectivity index (χ0v) is 17.8. The molecule has 2 aliphatic carbocycles. The molecular weight excluding hydrogens is 432 g/mol. The number of allylic oxidation sites excluding steroid dienone is 2. The number of aliphatic hydroxyl groups excluding tert-OH is 4. The third-order valence-electron chi connectivity index (χ3n) is 6.52. The summed E-state index contributed by atoms with van der Waals surface area (Å²) in [6.45, 7) is -0.303. The van der Waals surface area contributed by atoms with Crippen molar-refractivity contribution in [1.29, 1.82) is 0 Å². The molecule has 2 aliphatic heterocycles. The van der Waals surface area contributed by atoms with E-state index in [-0.39, 0.29) is 42.2 Å². The number of ether oxygens (including phenoxy) is 3. The van der Waals surface area contributed by atoms with Gasteiger partial charge in [0.05, 0.1) is 25.0 Å². The number of hydrogen-bond acceptors (Lipinski definition) is 9. The Morgan fingerprint density at radius 1 is 0.939 bits per heavy atom. The number of fused-ring (bicyclic) bond motifs is 5. The maximum Gasteiger partial charge on any atom is 0.318 e. The lowest BCUT2D eigenvalue weighted by molar-refractivity contribution is -0.298. The second-order valence-electron chi connectivity index (χ2n) is 8.58. The first-order chi connectivity index (χ1) is 15.9. The molecule has 9 heteroatoms. The average molecular weight is 460 g/mol. The summed E-state index contributed by atoms with van der Waals surface area (Å²) in [5.41, 5.74) is 1.01. The molecule has 2 saturated heterocycles. The van der Waals surface area contributed by atoms with Gasteiger partial charge in [0.15, 0.2) is 6.29 Å². The Morgan fingerprint density at radius 2 is 1.58 bits per heavy atom. The summed E-state index contributed by atoms with van der Waals surface area (Å²) in [5, 5.41) is 38.1. The summed E-state index contributed by atoms with van der Waals surface area (Å²) >= 11 is 0. The van der Waals surface area contributed by atoms with Crippen LogP contribution in [0.25, 0.3) is 6.08 Å². The third-order valence-corrected chi connectivity index (χ3v) is 6.52. The quantitative estimate of drug-likeness (QED) is 0.272. The lowest BCUT2D eigenvalue weighted by atomic mass is 9.85. The molecule has 3 fully saturated rings. The molecule has 5 rings (SSSR count). The highest BCUT2D eigenvalue weighted by molar-refractivity contribution is 5.98. The Labute approximate surface area is 190 Å². The zero-order valence-electron chi connectivity index (χ0n) is 17.8. The SMILES string of the molecule is O=C1OC(=O)C2C3C=CC(C3)C12.OC[C@H]1O[C@@H](OC/C=C/c2ccccc2)[C@H](O)[C@@H](O)[C@@H]1O. The van der Waals surface area contributed by atoms with E-state index in [1.807, 2.05) is 48.6 Å². The summed E-state index contributed by atoms with van der Waals surface area (Å²) in [7, 11) is 0. The van der Waals surface area contributed by atoms with Crippen LogP contribution in [-0.4, -0.2) is 76.3 Å². The summed E-state index contributed by atoms with van der Waals surface area (Å²) in [6, 6.07) is 9.62. The Bertz CT molecular complexity index is 868. The van der Waals surface area contributed by atoms with Crippen LogP contribution in [0.3, 0.4) is 0 Å². The van der Waals surface area contributed by atoms with Crippen LogP contribution in [0, 0.1) is 23.7 Å². The topological polar surface area (TPSA) is 143 Å². The van der Waals surface area contributed by atoms with Crippen molar-refractivity contribution in [3.8, 4) is 0 Å². The van der Waals surface area contributed by atoms with Gasteiger partial charge < -0.3 is 34.6 Å². The van der Waals surface area contributed by atoms with Gasteiger partial charge in [-0.25, -0.2) is 0 Å². The van der Waals surface area contributed by atoms with Crippen molar-refractivity contribution >= 4 is 18.0 Å². The minimum atomic E-state index is -1.42. The summed E-state index contributed by atoms with van der Waals surface area (Å²) in [6.07, 6.45) is 2.46. The van der Waals surface area contributed by atoms with E-state index in [2.05, 4.69) is 4.74 Å². The van der Waals surface area contributed by atoms with Gasteiger partial charge in [0.25, 0.3) is 0 Å². The van der Waals surface area contributed by atoms with Crippen LogP contribution in [-0.2, 0) is 23.8 Å². The monoisotopic (exact) mass is 460 g/mol. The maximum atomic E-state index is 11.2. The largest absolute Gasteiger partial charge is 0.394 e. The van der Waals surface area contributed by atoms with Crippen LogP contribution in [0.2, 0.25) is 0 Å². The van der Waals surface area contributed by atoms with E-state index in [0.717, 1.165) is 12.0 Å². The highest BCUT2D eigenvalue weighted by Crippen LogP contribution is 2.51. The Kier molecular flexibility index (Phi) is 7.38. The van der Waals surface area contributed by atoms with Gasteiger partial charge >= 0.3 is 11.9 Å². The number of carbonyl (C=O) groups is 2. The average Bonchev–Trinajstić information content (AvgIpc) is 3.52. The highest BCUT2D eigenvalue weighted by atomic mass is 16.7. The fraction of sp³-hybridized carbons (Fsp3) is 0.500. The molecule has 4 aliphatic rings. The third kappa shape index (κ3) is 4.93. The number of rotatable bonds is 5. The maximum absolute atomic E-state index is 11.2. The van der Waals surface area contributed by atoms with Crippen molar-refractivity contribution in [2.45, 2.75) is 37.1 Å². The molecule has 1 aromatic rings. The van der Waals surface area contributed by atoms with E-state index in [4.69, 9.17) is 14.6 Å². The Morgan fingerprint density at radius 3 is 2.18 bits per heavy atom. The second kappa shape index (κ2) is 10.3. The highest BCUT2D eigenvalue weighted by Gasteiger charge is 2.57.